The van der Waals surface area contributed by atoms with E-state index in [1.54, 1.807) is 0 Å². The van der Waals surface area contributed by atoms with Crippen LogP contribution in [0.3, 0.4) is 0 Å². The largest absolute Gasteiger partial charge is 0.347 e. The molecule has 310 valence electrons. The molecule has 0 spiro atoms. The van der Waals surface area contributed by atoms with Gasteiger partial charge in [-0.05, 0) is 95.6 Å². The fourth-order valence-corrected chi connectivity index (χ4v) is 10.1. The number of aromatic amines is 1. The number of aliphatic imine (C=N–C) groups is 1. The highest BCUT2D eigenvalue weighted by atomic mass is 19.3. The molecule has 58 heavy (non-hydrogen) atoms. The van der Waals surface area contributed by atoms with Gasteiger partial charge < -0.3 is 10.3 Å². The molecule has 5 aliphatic rings. The number of hydrogen-bond acceptors (Lipinski definition) is 4. The van der Waals surface area contributed by atoms with Crippen molar-refractivity contribution in [2.24, 2.45) is 27.7 Å². The van der Waals surface area contributed by atoms with Gasteiger partial charge in [0.15, 0.2) is 0 Å². The van der Waals surface area contributed by atoms with Crippen molar-refractivity contribution in [1.82, 2.24) is 15.3 Å². The van der Waals surface area contributed by atoms with Crippen molar-refractivity contribution < 1.29 is 27.2 Å². The predicted molar refractivity (Wildman–Crippen MR) is 221 cm³/mol. The first-order chi connectivity index (χ1) is 27.2. The summed E-state index contributed by atoms with van der Waals surface area (Å²) in [6.45, 7) is 12.6. The number of halogens is 4. The number of nitrogens with one attached hydrogen (secondary N) is 2. The van der Waals surface area contributed by atoms with E-state index in [4.69, 9.17) is 9.98 Å². The van der Waals surface area contributed by atoms with Gasteiger partial charge in [0, 0.05) is 78.9 Å². The zero-order chi connectivity index (χ0) is 41.4. The molecule has 3 aromatic rings. The summed E-state index contributed by atoms with van der Waals surface area (Å²) in [6, 6.07) is 13.0. The maximum absolute atomic E-state index is 13.8. The molecule has 2 N–H and O–H groups in total. The average molecular weight is 799 g/mol. The van der Waals surface area contributed by atoms with E-state index >= 15 is 0 Å². The van der Waals surface area contributed by atoms with Gasteiger partial charge >= 0.3 is 0 Å². The maximum atomic E-state index is 13.8. The number of benzene rings is 2. The number of ketones is 1. The molecule has 1 aliphatic heterocycles. The second-order valence-electron chi connectivity index (χ2n) is 20.1. The molecule has 0 unspecified atom stereocenters. The third kappa shape index (κ3) is 8.23. The van der Waals surface area contributed by atoms with Crippen LogP contribution in [0.15, 0.2) is 47.1 Å². The minimum Gasteiger partial charge on any atom is -0.347 e. The molecule has 8 rings (SSSR count). The smallest absolute Gasteiger partial charge is 0.248 e. The van der Waals surface area contributed by atoms with Crippen molar-refractivity contribution in [3.63, 3.8) is 0 Å². The van der Waals surface area contributed by atoms with Crippen LogP contribution in [0.5, 0.6) is 0 Å². The van der Waals surface area contributed by atoms with Crippen LogP contribution in [0, 0.1) is 22.7 Å². The van der Waals surface area contributed by atoms with Gasteiger partial charge in [0.05, 0.1) is 11.7 Å². The lowest BCUT2D eigenvalue weighted by Crippen LogP contribution is -2.51. The summed E-state index contributed by atoms with van der Waals surface area (Å²) >= 11 is 0. The molecular formula is C48H58F4N4O2. The van der Waals surface area contributed by atoms with Gasteiger partial charge in [-0.2, -0.15) is 0 Å². The summed E-state index contributed by atoms with van der Waals surface area (Å²) in [5, 5.41) is 3.24. The Morgan fingerprint density at radius 2 is 1.34 bits per heavy atom. The van der Waals surface area contributed by atoms with Crippen LogP contribution < -0.4 is 5.32 Å². The SMILES string of the molecule is CC(C)(C)[C@H](NC(=O)C1CCC(F)(F)CC1)C1=NC2=C(C1)c1ccc(-c3ccc4c(c3)CCc3[nH]c([C@@H](CC(=O)C5CCC(F)(F)CC5)C(C)(C)C)nc3-4)cc1CC2. The number of hydrogen-bond donors (Lipinski definition) is 2. The summed E-state index contributed by atoms with van der Waals surface area (Å²) in [4.78, 5) is 40.7. The van der Waals surface area contributed by atoms with E-state index in [1.165, 1.54) is 22.3 Å². The first-order valence-electron chi connectivity index (χ1n) is 21.5. The number of fused-ring (bicyclic) bond motifs is 5. The number of nitrogens with zero attached hydrogens (tertiary/aromatic N) is 2. The highest BCUT2D eigenvalue weighted by Gasteiger charge is 2.42. The van der Waals surface area contributed by atoms with Crippen molar-refractivity contribution in [3.8, 4) is 22.4 Å². The molecule has 1 amide bonds. The van der Waals surface area contributed by atoms with Gasteiger partial charge in [-0.15, -0.1) is 0 Å². The Kier molecular flexibility index (Phi) is 10.4. The van der Waals surface area contributed by atoms with Gasteiger partial charge in [-0.3, -0.25) is 14.6 Å². The van der Waals surface area contributed by atoms with Crippen LogP contribution in [0.2, 0.25) is 0 Å². The standard InChI is InChI=1S/C48H58F4N4O2/c1-45(2,3)36(26-40(57)27-15-19-47(49,50)20-16-27)43-54-38-14-10-32-24-30(8-12-34(32)41(38)55-43)29-7-11-33-31(23-29)9-13-37-35(33)25-39(53-37)42(46(4,5)6)56-44(58)28-17-21-48(51,52)22-18-28/h7-8,11-12,23-24,27-28,36,42H,9-10,13-22,25-26H2,1-6H3,(H,54,55)(H,56,58)/t36-,42-/m1/s1. The van der Waals surface area contributed by atoms with Crippen LogP contribution in [0.1, 0.15) is 146 Å². The fourth-order valence-electron chi connectivity index (χ4n) is 10.1. The van der Waals surface area contributed by atoms with Gasteiger partial charge in [0.1, 0.15) is 11.6 Å². The van der Waals surface area contributed by atoms with Crippen LogP contribution in [-0.4, -0.2) is 45.3 Å². The van der Waals surface area contributed by atoms with Crippen molar-refractivity contribution in [1.29, 1.82) is 0 Å². The molecule has 2 fully saturated rings. The number of carbonyl (C=O) groups is 2. The Morgan fingerprint density at radius 3 is 1.95 bits per heavy atom. The van der Waals surface area contributed by atoms with E-state index in [1.807, 2.05) is 0 Å². The van der Waals surface area contributed by atoms with E-state index in [0.717, 1.165) is 71.0 Å². The molecule has 1 aromatic heterocycles. The highest BCUT2D eigenvalue weighted by molar-refractivity contribution is 6.05. The molecule has 0 bridgehead atoms. The topological polar surface area (TPSA) is 87.2 Å². The lowest BCUT2D eigenvalue weighted by Gasteiger charge is -2.34. The summed E-state index contributed by atoms with van der Waals surface area (Å²) in [5.74, 6) is -5.46. The second-order valence-corrected chi connectivity index (χ2v) is 20.1. The van der Waals surface area contributed by atoms with Crippen molar-refractivity contribution in [3.05, 3.63) is 70.3 Å². The van der Waals surface area contributed by atoms with E-state index in [0.29, 0.717) is 12.8 Å². The minimum absolute atomic E-state index is 0.0688. The molecule has 4 aliphatic carbocycles. The van der Waals surface area contributed by atoms with Gasteiger partial charge in [-0.1, -0.05) is 77.9 Å². The summed E-state index contributed by atoms with van der Waals surface area (Å²) in [6.07, 6.45) is 4.35. The minimum atomic E-state index is -2.67. The number of alkyl halides is 4. The number of aromatic nitrogens is 2. The Morgan fingerprint density at radius 1 is 0.776 bits per heavy atom. The first kappa shape index (κ1) is 40.7. The lowest BCUT2D eigenvalue weighted by atomic mass is 9.74. The van der Waals surface area contributed by atoms with Gasteiger partial charge in [0.2, 0.25) is 17.8 Å². The number of aryl methyl sites for hydroxylation is 3. The Labute approximate surface area is 340 Å². The highest BCUT2D eigenvalue weighted by Crippen LogP contribution is 2.45. The molecule has 2 heterocycles. The zero-order valence-electron chi connectivity index (χ0n) is 34.9. The van der Waals surface area contributed by atoms with Crippen LogP contribution >= 0.6 is 0 Å². The van der Waals surface area contributed by atoms with E-state index < -0.39 is 17.8 Å². The predicted octanol–water partition coefficient (Wildman–Crippen LogP) is 11.6. The third-order valence-electron chi connectivity index (χ3n) is 13.7. The van der Waals surface area contributed by atoms with Gasteiger partial charge in [0.25, 0.3) is 0 Å². The Hall–Kier alpha value is -4.08. The third-order valence-corrected chi connectivity index (χ3v) is 13.7. The average Bonchev–Trinajstić information content (AvgIpc) is 3.79. The van der Waals surface area contributed by atoms with E-state index in [-0.39, 0.29) is 91.8 Å². The number of allylic oxidation sites excluding steroid dienone is 2. The number of amides is 1. The molecule has 6 nitrogen and oxygen atoms in total. The van der Waals surface area contributed by atoms with Crippen LogP contribution in [0.4, 0.5) is 17.6 Å². The molecule has 2 atom stereocenters. The fraction of sp³-hybridized carbons (Fsp3) is 0.583. The monoisotopic (exact) mass is 798 g/mol. The molecule has 2 aromatic carbocycles. The second kappa shape index (κ2) is 14.9. The molecule has 0 radical (unpaired) electrons. The Balaban J connectivity index is 0.972. The normalized spacial score (nSPS) is 21.7. The number of rotatable bonds is 8. The summed E-state index contributed by atoms with van der Waals surface area (Å²) in [5.41, 5.74) is 11.8. The maximum Gasteiger partial charge on any atom is 0.248 e. The van der Waals surface area contributed by atoms with Crippen LogP contribution in [-0.2, 0) is 28.9 Å². The number of H-pyrrole nitrogens is 1. The van der Waals surface area contributed by atoms with Crippen molar-refractivity contribution in [2.75, 3.05) is 0 Å². The van der Waals surface area contributed by atoms with Crippen LogP contribution in [0.25, 0.3) is 28.0 Å². The van der Waals surface area contributed by atoms with Gasteiger partial charge in [-0.25, -0.2) is 22.5 Å². The van der Waals surface area contributed by atoms with E-state index in [9.17, 15) is 27.2 Å². The number of Topliss-reactive ketones (excluding diaryl/α,β-unsaturated/α-hetero) is 1. The summed E-state index contributed by atoms with van der Waals surface area (Å²) in [7, 11) is 0. The molecule has 10 heteroatoms. The Bertz CT molecular complexity index is 2160. The molecule has 0 saturated heterocycles. The van der Waals surface area contributed by atoms with E-state index in [2.05, 4.69) is 88.2 Å². The number of imidazole rings is 1. The zero-order valence-corrected chi connectivity index (χ0v) is 34.9. The quantitative estimate of drug-likeness (QED) is 0.223. The lowest BCUT2D eigenvalue weighted by molar-refractivity contribution is -0.130. The molecule has 2 saturated carbocycles. The van der Waals surface area contributed by atoms with Crippen molar-refractivity contribution in [2.45, 2.75) is 155 Å². The van der Waals surface area contributed by atoms with Crippen molar-refractivity contribution >= 4 is 23.0 Å². The summed E-state index contributed by atoms with van der Waals surface area (Å²) < 4.78 is 55.3. The number of carbonyl (C=O) groups excluding carboxylic acids is 2. The molecular weight excluding hydrogens is 741 g/mol. The first-order valence-corrected chi connectivity index (χ1v) is 21.5.